The molecule has 1 atom stereocenters. The molecule has 2 heterocycles. The van der Waals surface area contributed by atoms with Crippen molar-refractivity contribution < 1.29 is 15.1 Å². The average molecular weight is 287 g/mol. The van der Waals surface area contributed by atoms with Crippen LogP contribution in [0.5, 0.6) is 0 Å². The van der Waals surface area contributed by atoms with Crippen LogP contribution in [0.1, 0.15) is 5.69 Å². The highest BCUT2D eigenvalue weighted by Crippen LogP contribution is 2.24. The Kier molecular flexibility index (Phi) is 3.55. The van der Waals surface area contributed by atoms with Crippen LogP contribution in [0.4, 0.5) is 0 Å². The summed E-state index contributed by atoms with van der Waals surface area (Å²) in [4.78, 5) is 9.30. The van der Waals surface area contributed by atoms with Gasteiger partial charge in [0.05, 0.1) is 24.6 Å². The first-order chi connectivity index (χ1) is 7.76. The molecule has 1 unspecified atom stereocenters. The van der Waals surface area contributed by atoms with Crippen molar-refractivity contribution in [3.63, 3.8) is 0 Å². The summed E-state index contributed by atoms with van der Waals surface area (Å²) in [6, 6.07) is 3.64. The van der Waals surface area contributed by atoms with E-state index >= 15 is 0 Å². The van der Waals surface area contributed by atoms with Gasteiger partial charge >= 0.3 is 0 Å². The fourth-order valence-corrected chi connectivity index (χ4v) is 1.73. The van der Waals surface area contributed by atoms with Crippen LogP contribution in [0.3, 0.4) is 0 Å². The van der Waals surface area contributed by atoms with E-state index in [9.17, 15) is 5.11 Å². The van der Waals surface area contributed by atoms with E-state index < -0.39 is 6.10 Å². The second kappa shape index (κ2) is 4.92. The first-order valence-corrected chi connectivity index (χ1v) is 5.54. The van der Waals surface area contributed by atoms with Gasteiger partial charge in [-0.1, -0.05) is 0 Å². The molecule has 1 aliphatic heterocycles. The Balaban J connectivity index is 2.35. The van der Waals surface area contributed by atoms with Crippen molar-refractivity contribution >= 4 is 21.6 Å². The van der Waals surface area contributed by atoms with Crippen LogP contribution in [-0.4, -0.2) is 34.5 Å². The normalized spacial score (nSPS) is 20.1. The monoisotopic (exact) mass is 286 g/mol. The van der Waals surface area contributed by atoms with Crippen molar-refractivity contribution in [2.75, 3.05) is 13.2 Å². The molecule has 6 heteroatoms. The van der Waals surface area contributed by atoms with Crippen LogP contribution >= 0.6 is 15.9 Å². The van der Waals surface area contributed by atoms with Crippen molar-refractivity contribution in [1.29, 1.82) is 0 Å². The molecule has 0 radical (unpaired) electrons. The maximum Gasteiger partial charge on any atom is 0.134 e. The highest BCUT2D eigenvalue weighted by atomic mass is 79.9. The molecular weight excluding hydrogens is 276 g/mol. The fourth-order valence-electron chi connectivity index (χ4n) is 1.50. The van der Waals surface area contributed by atoms with Crippen LogP contribution in [0, 0.1) is 0 Å². The highest BCUT2D eigenvalue weighted by Gasteiger charge is 2.26. The molecule has 0 bridgehead atoms. The minimum atomic E-state index is -0.509. The minimum absolute atomic E-state index is 0.175. The predicted molar refractivity (Wildman–Crippen MR) is 61.0 cm³/mol. The van der Waals surface area contributed by atoms with Crippen molar-refractivity contribution in [1.82, 2.24) is 10.5 Å². The minimum Gasteiger partial charge on any atom is -0.393 e. The first-order valence-electron chi connectivity index (χ1n) is 4.74. The molecule has 0 fully saturated rings. The molecule has 1 aromatic rings. The van der Waals surface area contributed by atoms with E-state index in [0.717, 1.165) is 4.47 Å². The number of halogens is 1. The van der Waals surface area contributed by atoms with Crippen LogP contribution in [-0.2, 0) is 4.84 Å². The first kappa shape index (κ1) is 11.5. The van der Waals surface area contributed by atoms with Gasteiger partial charge in [0, 0.05) is 16.2 Å². The second-order valence-corrected chi connectivity index (χ2v) is 4.23. The zero-order valence-corrected chi connectivity index (χ0v) is 9.94. The SMILES string of the molecule is OCC1=C(c2ccc(Br)cn2)NOC1CO. The molecule has 5 nitrogen and oxygen atoms in total. The van der Waals surface area contributed by atoms with E-state index in [0.29, 0.717) is 17.0 Å². The molecule has 3 N–H and O–H groups in total. The number of aliphatic hydroxyl groups excluding tert-OH is 2. The fraction of sp³-hybridized carbons (Fsp3) is 0.300. The van der Waals surface area contributed by atoms with Gasteiger partial charge < -0.3 is 10.2 Å². The van der Waals surface area contributed by atoms with Gasteiger partial charge in [-0.05, 0) is 28.1 Å². The number of nitrogens with zero attached hydrogens (tertiary/aromatic N) is 1. The lowest BCUT2D eigenvalue weighted by Crippen LogP contribution is -2.19. The van der Waals surface area contributed by atoms with Crippen molar-refractivity contribution in [3.8, 4) is 0 Å². The van der Waals surface area contributed by atoms with E-state index in [1.165, 1.54) is 0 Å². The zero-order valence-electron chi connectivity index (χ0n) is 8.35. The van der Waals surface area contributed by atoms with E-state index in [4.69, 9.17) is 9.94 Å². The highest BCUT2D eigenvalue weighted by molar-refractivity contribution is 9.10. The molecule has 2 rings (SSSR count). The molecule has 0 saturated carbocycles. The van der Waals surface area contributed by atoms with Gasteiger partial charge in [0.2, 0.25) is 0 Å². The lowest BCUT2D eigenvalue weighted by atomic mass is 10.1. The lowest BCUT2D eigenvalue weighted by Gasteiger charge is -2.05. The van der Waals surface area contributed by atoms with Crippen LogP contribution in [0.15, 0.2) is 28.4 Å². The lowest BCUT2D eigenvalue weighted by molar-refractivity contribution is 0.00909. The number of rotatable bonds is 3. The van der Waals surface area contributed by atoms with E-state index in [1.54, 1.807) is 12.3 Å². The van der Waals surface area contributed by atoms with Crippen molar-refractivity contribution in [3.05, 3.63) is 34.1 Å². The number of hydroxylamine groups is 1. The van der Waals surface area contributed by atoms with Gasteiger partial charge in [-0.15, -0.1) is 0 Å². The van der Waals surface area contributed by atoms with E-state index in [-0.39, 0.29) is 13.2 Å². The number of pyridine rings is 1. The van der Waals surface area contributed by atoms with Crippen LogP contribution in [0.25, 0.3) is 5.70 Å². The smallest absolute Gasteiger partial charge is 0.134 e. The summed E-state index contributed by atoms with van der Waals surface area (Å²) in [6.45, 7) is -0.353. The predicted octanol–water partition coefficient (Wildman–Crippen LogP) is 0.443. The Morgan fingerprint density at radius 3 is 2.81 bits per heavy atom. The Labute approximate surface area is 101 Å². The summed E-state index contributed by atoms with van der Waals surface area (Å²) >= 11 is 3.29. The van der Waals surface area contributed by atoms with Gasteiger partial charge in [-0.2, -0.15) is 0 Å². The van der Waals surface area contributed by atoms with E-state index in [1.807, 2.05) is 6.07 Å². The van der Waals surface area contributed by atoms with E-state index in [2.05, 4.69) is 26.4 Å². The summed E-state index contributed by atoms with van der Waals surface area (Å²) < 4.78 is 0.875. The standard InChI is InChI=1S/C10H11BrN2O3/c11-6-1-2-8(12-3-6)10-7(4-14)9(5-15)16-13-10/h1-3,9,13-15H,4-5H2. The second-order valence-electron chi connectivity index (χ2n) is 3.31. The van der Waals surface area contributed by atoms with Crippen molar-refractivity contribution in [2.24, 2.45) is 0 Å². The van der Waals surface area contributed by atoms with Gasteiger partial charge in [-0.3, -0.25) is 15.3 Å². The van der Waals surface area contributed by atoms with Crippen LogP contribution < -0.4 is 5.48 Å². The Morgan fingerprint density at radius 1 is 1.44 bits per heavy atom. The quantitative estimate of drug-likeness (QED) is 0.752. The summed E-state index contributed by atoms with van der Waals surface area (Å²) in [5, 5.41) is 18.3. The molecule has 1 aliphatic rings. The largest absolute Gasteiger partial charge is 0.393 e. The molecule has 0 aromatic carbocycles. The molecule has 86 valence electrons. The zero-order chi connectivity index (χ0) is 11.5. The summed E-state index contributed by atoms with van der Waals surface area (Å²) in [5.74, 6) is 0. The number of hydrogen-bond donors (Lipinski definition) is 3. The summed E-state index contributed by atoms with van der Waals surface area (Å²) in [7, 11) is 0. The summed E-state index contributed by atoms with van der Waals surface area (Å²) in [5.41, 5.74) is 4.57. The van der Waals surface area contributed by atoms with Gasteiger partial charge in [0.25, 0.3) is 0 Å². The van der Waals surface area contributed by atoms with Gasteiger partial charge in [0.15, 0.2) is 0 Å². The third-order valence-corrected chi connectivity index (χ3v) is 2.80. The Morgan fingerprint density at radius 2 is 2.25 bits per heavy atom. The molecule has 0 spiro atoms. The third kappa shape index (κ3) is 2.10. The maximum absolute atomic E-state index is 9.23. The molecule has 0 saturated heterocycles. The number of aliphatic hydroxyl groups is 2. The molecule has 1 aromatic heterocycles. The van der Waals surface area contributed by atoms with Gasteiger partial charge in [-0.25, -0.2) is 0 Å². The molecule has 0 amide bonds. The molecular formula is C10H11BrN2O3. The van der Waals surface area contributed by atoms with Crippen molar-refractivity contribution in [2.45, 2.75) is 6.10 Å². The molecule has 16 heavy (non-hydrogen) atoms. The Hall–Kier alpha value is -0.950. The summed E-state index contributed by atoms with van der Waals surface area (Å²) in [6.07, 6.45) is 1.15. The van der Waals surface area contributed by atoms with Gasteiger partial charge in [0.1, 0.15) is 6.10 Å². The number of aromatic nitrogens is 1. The number of nitrogens with one attached hydrogen (secondary N) is 1. The third-order valence-electron chi connectivity index (χ3n) is 2.33. The number of hydrogen-bond acceptors (Lipinski definition) is 5. The van der Waals surface area contributed by atoms with Crippen LogP contribution in [0.2, 0.25) is 0 Å². The maximum atomic E-state index is 9.23. The Bertz CT molecular complexity index is 405. The topological polar surface area (TPSA) is 74.6 Å². The molecule has 0 aliphatic carbocycles. The average Bonchev–Trinajstić information content (AvgIpc) is 2.72.